The van der Waals surface area contributed by atoms with Gasteiger partial charge < -0.3 is 14.9 Å². The van der Waals surface area contributed by atoms with Crippen molar-refractivity contribution in [2.75, 3.05) is 6.61 Å². The first-order valence-corrected chi connectivity index (χ1v) is 7.93. The molecule has 124 valence electrons. The maximum absolute atomic E-state index is 12.0. The lowest BCUT2D eigenvalue weighted by Crippen LogP contribution is -2.16. The van der Waals surface area contributed by atoms with E-state index in [4.69, 9.17) is 4.74 Å². The molecule has 1 heterocycles. The number of phenolic OH excluding ortho intramolecular Hbond substituents is 2. The van der Waals surface area contributed by atoms with Crippen molar-refractivity contribution in [3.8, 4) is 17.2 Å². The van der Waals surface area contributed by atoms with Crippen LogP contribution < -0.4 is 4.74 Å². The molecule has 23 heavy (non-hydrogen) atoms. The first kappa shape index (κ1) is 17.1. The van der Waals surface area contributed by atoms with Gasteiger partial charge in [0.2, 0.25) is 0 Å². The quantitative estimate of drug-likeness (QED) is 0.795. The number of carbonyl (C=O) groups is 1. The summed E-state index contributed by atoms with van der Waals surface area (Å²) in [5.41, 5.74) is 3.05. The highest BCUT2D eigenvalue weighted by Crippen LogP contribution is 2.40. The standard InChI is InChI=1S/C19H24O4/c1-12(2)5-4-6-13(3)7-8-14-16(21)11-17-18(19(14)22)15(20)9-10-23-17/h5,7,11,21-22H,4,6,8-10H2,1-3H3/b13-7+. The normalized spacial score (nSPS) is 14.2. The van der Waals surface area contributed by atoms with E-state index >= 15 is 0 Å². The van der Waals surface area contributed by atoms with Crippen molar-refractivity contribution >= 4 is 5.78 Å². The Bertz CT molecular complexity index is 664. The fourth-order valence-corrected chi connectivity index (χ4v) is 2.60. The summed E-state index contributed by atoms with van der Waals surface area (Å²) < 4.78 is 5.35. The number of Topliss-reactive ketones (excluding diaryl/α,β-unsaturated/α-hetero) is 1. The van der Waals surface area contributed by atoms with E-state index in [2.05, 4.69) is 19.9 Å². The van der Waals surface area contributed by atoms with E-state index in [9.17, 15) is 15.0 Å². The number of rotatable bonds is 5. The second kappa shape index (κ2) is 7.36. The average Bonchev–Trinajstić information content (AvgIpc) is 2.46. The van der Waals surface area contributed by atoms with Crippen molar-refractivity contribution < 1.29 is 19.7 Å². The fraction of sp³-hybridized carbons (Fsp3) is 0.421. The van der Waals surface area contributed by atoms with E-state index in [1.807, 2.05) is 13.0 Å². The Balaban J connectivity index is 2.19. The topological polar surface area (TPSA) is 66.8 Å². The molecule has 1 aliphatic heterocycles. The number of ketones is 1. The molecule has 1 aliphatic rings. The summed E-state index contributed by atoms with van der Waals surface area (Å²) in [6.07, 6.45) is 6.70. The van der Waals surface area contributed by atoms with Crippen molar-refractivity contribution in [3.05, 3.63) is 40.5 Å². The predicted octanol–water partition coefficient (Wildman–Crippen LogP) is 4.30. The number of benzene rings is 1. The zero-order valence-electron chi connectivity index (χ0n) is 14.0. The maximum atomic E-state index is 12.0. The average molecular weight is 316 g/mol. The highest BCUT2D eigenvalue weighted by Gasteiger charge is 2.26. The van der Waals surface area contributed by atoms with Crippen molar-refractivity contribution in [2.45, 2.75) is 46.5 Å². The zero-order valence-corrected chi connectivity index (χ0v) is 14.0. The van der Waals surface area contributed by atoms with Crippen LogP contribution in [0.15, 0.2) is 29.4 Å². The molecule has 1 aromatic carbocycles. The Kier molecular flexibility index (Phi) is 5.48. The smallest absolute Gasteiger partial charge is 0.173 e. The van der Waals surface area contributed by atoms with Crippen LogP contribution in [-0.2, 0) is 6.42 Å². The van der Waals surface area contributed by atoms with Crippen LogP contribution in [0.4, 0.5) is 0 Å². The van der Waals surface area contributed by atoms with Gasteiger partial charge in [-0.1, -0.05) is 23.3 Å². The van der Waals surface area contributed by atoms with Gasteiger partial charge in [0.15, 0.2) is 5.78 Å². The van der Waals surface area contributed by atoms with Gasteiger partial charge in [-0.2, -0.15) is 0 Å². The van der Waals surface area contributed by atoms with E-state index < -0.39 is 0 Å². The van der Waals surface area contributed by atoms with E-state index in [0.717, 1.165) is 12.8 Å². The predicted molar refractivity (Wildman–Crippen MR) is 90.3 cm³/mol. The van der Waals surface area contributed by atoms with Crippen LogP contribution in [0, 0.1) is 0 Å². The van der Waals surface area contributed by atoms with Gasteiger partial charge in [-0.25, -0.2) is 0 Å². The van der Waals surface area contributed by atoms with E-state index in [0.29, 0.717) is 12.0 Å². The summed E-state index contributed by atoms with van der Waals surface area (Å²) in [7, 11) is 0. The fourth-order valence-electron chi connectivity index (χ4n) is 2.60. The van der Waals surface area contributed by atoms with Gasteiger partial charge >= 0.3 is 0 Å². The Morgan fingerprint density at radius 3 is 2.70 bits per heavy atom. The summed E-state index contributed by atoms with van der Waals surface area (Å²) >= 11 is 0. The number of carbonyl (C=O) groups excluding carboxylic acids is 1. The molecule has 2 rings (SSSR count). The van der Waals surface area contributed by atoms with Crippen LogP contribution in [0.25, 0.3) is 0 Å². The van der Waals surface area contributed by atoms with Crippen LogP contribution in [-0.4, -0.2) is 22.6 Å². The molecule has 0 fully saturated rings. The van der Waals surface area contributed by atoms with E-state index in [1.165, 1.54) is 17.2 Å². The summed E-state index contributed by atoms with van der Waals surface area (Å²) in [6.45, 7) is 6.45. The lowest BCUT2D eigenvalue weighted by atomic mass is 9.97. The molecule has 4 heteroatoms. The largest absolute Gasteiger partial charge is 0.507 e. The third-order valence-corrected chi connectivity index (χ3v) is 3.96. The molecule has 2 N–H and O–H groups in total. The molecule has 0 atom stereocenters. The molecule has 0 saturated carbocycles. The molecule has 0 unspecified atom stereocenters. The number of allylic oxidation sites excluding steroid dienone is 4. The first-order chi connectivity index (χ1) is 10.9. The number of ether oxygens (including phenoxy) is 1. The number of aromatic hydroxyl groups is 2. The number of hydrogen-bond acceptors (Lipinski definition) is 4. The van der Waals surface area contributed by atoms with Gasteiger partial charge in [0, 0.05) is 18.1 Å². The molecule has 4 nitrogen and oxygen atoms in total. The van der Waals surface area contributed by atoms with Crippen molar-refractivity contribution in [3.63, 3.8) is 0 Å². The van der Waals surface area contributed by atoms with E-state index in [1.54, 1.807) is 0 Å². The molecular formula is C19H24O4. The Labute approximate surface area is 137 Å². The second-order valence-electron chi connectivity index (χ2n) is 6.19. The van der Waals surface area contributed by atoms with Crippen LogP contribution in [0.2, 0.25) is 0 Å². The monoisotopic (exact) mass is 316 g/mol. The molecule has 0 aromatic heterocycles. The molecule has 0 aliphatic carbocycles. The summed E-state index contributed by atoms with van der Waals surface area (Å²) in [4.78, 5) is 12.0. The minimum atomic E-state index is -0.155. The molecular weight excluding hydrogens is 292 g/mol. The number of phenols is 2. The summed E-state index contributed by atoms with van der Waals surface area (Å²) in [5.74, 6) is -0.0686. The second-order valence-corrected chi connectivity index (χ2v) is 6.19. The molecule has 0 amide bonds. The maximum Gasteiger partial charge on any atom is 0.173 e. The molecule has 0 bridgehead atoms. The summed E-state index contributed by atoms with van der Waals surface area (Å²) in [5, 5.41) is 20.5. The van der Waals surface area contributed by atoms with Gasteiger partial charge in [-0.15, -0.1) is 0 Å². The summed E-state index contributed by atoms with van der Waals surface area (Å²) in [6, 6.07) is 1.42. The number of fused-ring (bicyclic) bond motifs is 1. The minimum Gasteiger partial charge on any atom is -0.507 e. The van der Waals surface area contributed by atoms with E-state index in [-0.39, 0.29) is 41.6 Å². The van der Waals surface area contributed by atoms with Crippen LogP contribution in [0.1, 0.15) is 56.0 Å². The van der Waals surface area contributed by atoms with Gasteiger partial charge in [0.1, 0.15) is 22.8 Å². The molecule has 0 radical (unpaired) electrons. The molecule has 1 aromatic rings. The Morgan fingerprint density at radius 2 is 2.00 bits per heavy atom. The highest BCUT2D eigenvalue weighted by molar-refractivity contribution is 6.02. The number of hydrogen-bond donors (Lipinski definition) is 2. The Hall–Kier alpha value is -2.23. The van der Waals surface area contributed by atoms with Crippen LogP contribution >= 0.6 is 0 Å². The highest BCUT2D eigenvalue weighted by atomic mass is 16.5. The van der Waals surface area contributed by atoms with Gasteiger partial charge in [0.05, 0.1) is 6.61 Å². The first-order valence-electron chi connectivity index (χ1n) is 7.93. The van der Waals surface area contributed by atoms with Crippen LogP contribution in [0.3, 0.4) is 0 Å². The van der Waals surface area contributed by atoms with Gasteiger partial charge in [-0.3, -0.25) is 4.79 Å². The Morgan fingerprint density at radius 1 is 1.26 bits per heavy atom. The zero-order chi connectivity index (χ0) is 17.0. The van der Waals surface area contributed by atoms with Gasteiger partial charge in [-0.05, 0) is 40.0 Å². The minimum absolute atomic E-state index is 0.0377. The van der Waals surface area contributed by atoms with Crippen LogP contribution in [0.5, 0.6) is 17.2 Å². The van der Waals surface area contributed by atoms with Gasteiger partial charge in [0.25, 0.3) is 0 Å². The lowest BCUT2D eigenvalue weighted by Gasteiger charge is -2.19. The lowest BCUT2D eigenvalue weighted by molar-refractivity contribution is 0.0929. The van der Waals surface area contributed by atoms with Crippen molar-refractivity contribution in [1.29, 1.82) is 0 Å². The molecule has 0 saturated heterocycles. The molecule has 0 spiro atoms. The third-order valence-electron chi connectivity index (χ3n) is 3.96. The SMILES string of the molecule is CC(C)=CCC/C(C)=C/Cc1c(O)cc2c(c1O)C(=O)CCO2. The van der Waals surface area contributed by atoms with Crippen molar-refractivity contribution in [2.24, 2.45) is 0 Å². The van der Waals surface area contributed by atoms with Crippen molar-refractivity contribution in [1.82, 2.24) is 0 Å². The third kappa shape index (κ3) is 4.15.